The van der Waals surface area contributed by atoms with Gasteiger partial charge in [-0.15, -0.1) is 0 Å². The molecule has 0 saturated heterocycles. The Labute approximate surface area is 82.3 Å². The molecule has 0 unspecified atom stereocenters. The molecule has 0 radical (unpaired) electrons. The number of phenols is 2. The zero-order chi connectivity index (χ0) is 10.0. The lowest BCUT2D eigenvalue weighted by Gasteiger charge is -2.05. The first-order chi connectivity index (χ1) is 6.07. The van der Waals surface area contributed by atoms with Crippen molar-refractivity contribution >= 4 is 21.8 Å². The Kier molecular flexibility index (Phi) is 2.74. The van der Waals surface area contributed by atoms with Gasteiger partial charge in [-0.25, -0.2) is 5.84 Å². The summed E-state index contributed by atoms with van der Waals surface area (Å²) < 4.78 is 0.107. The number of halogens is 1. The number of nitrogens with one attached hydrogen (secondary N) is 1. The number of carbonyl (C=O) groups is 1. The SMILES string of the molecule is NNC(=O)c1ccc(O)c(O)c1Br. The van der Waals surface area contributed by atoms with E-state index in [0.717, 1.165) is 0 Å². The van der Waals surface area contributed by atoms with Crippen molar-refractivity contribution in [2.75, 3.05) is 0 Å². The van der Waals surface area contributed by atoms with Crippen LogP contribution in [-0.4, -0.2) is 16.1 Å². The van der Waals surface area contributed by atoms with Gasteiger partial charge in [-0.2, -0.15) is 0 Å². The van der Waals surface area contributed by atoms with Crippen LogP contribution in [0.4, 0.5) is 0 Å². The summed E-state index contributed by atoms with van der Waals surface area (Å²) in [6.07, 6.45) is 0. The van der Waals surface area contributed by atoms with E-state index in [0.29, 0.717) is 0 Å². The minimum atomic E-state index is -0.554. The topological polar surface area (TPSA) is 95.6 Å². The molecule has 5 N–H and O–H groups in total. The number of rotatable bonds is 1. The summed E-state index contributed by atoms with van der Waals surface area (Å²) in [5.41, 5.74) is 2.06. The van der Waals surface area contributed by atoms with Gasteiger partial charge in [-0.05, 0) is 28.1 Å². The van der Waals surface area contributed by atoms with Crippen molar-refractivity contribution in [3.05, 3.63) is 22.2 Å². The van der Waals surface area contributed by atoms with E-state index in [1.807, 2.05) is 5.43 Å². The molecule has 13 heavy (non-hydrogen) atoms. The second kappa shape index (κ2) is 3.63. The van der Waals surface area contributed by atoms with Crippen LogP contribution in [0.2, 0.25) is 0 Å². The Morgan fingerprint density at radius 3 is 2.62 bits per heavy atom. The van der Waals surface area contributed by atoms with E-state index in [1.165, 1.54) is 12.1 Å². The number of benzene rings is 1. The summed E-state index contributed by atoms with van der Waals surface area (Å²) in [7, 11) is 0. The molecule has 0 aliphatic carbocycles. The van der Waals surface area contributed by atoms with Gasteiger partial charge in [0.2, 0.25) is 0 Å². The van der Waals surface area contributed by atoms with Crippen molar-refractivity contribution in [1.29, 1.82) is 0 Å². The number of hydrogen-bond donors (Lipinski definition) is 4. The van der Waals surface area contributed by atoms with Crippen molar-refractivity contribution in [3.63, 3.8) is 0 Å². The average molecular weight is 247 g/mol. The third-order valence-electron chi connectivity index (χ3n) is 1.47. The Balaban J connectivity index is 3.26. The molecule has 6 heteroatoms. The summed E-state index contributed by atoms with van der Waals surface area (Å²) in [5.74, 6) is 3.65. The van der Waals surface area contributed by atoms with Crippen LogP contribution in [0, 0.1) is 0 Å². The zero-order valence-corrected chi connectivity index (χ0v) is 8.00. The van der Waals surface area contributed by atoms with E-state index in [-0.39, 0.29) is 21.5 Å². The predicted molar refractivity (Wildman–Crippen MR) is 49.1 cm³/mol. The largest absolute Gasteiger partial charge is 0.504 e. The summed E-state index contributed by atoms with van der Waals surface area (Å²) >= 11 is 2.95. The van der Waals surface area contributed by atoms with Crippen molar-refractivity contribution in [2.24, 2.45) is 5.84 Å². The molecule has 0 bridgehead atoms. The van der Waals surface area contributed by atoms with Gasteiger partial charge in [0, 0.05) is 0 Å². The van der Waals surface area contributed by atoms with Crippen LogP contribution in [0.1, 0.15) is 10.4 Å². The second-order valence-electron chi connectivity index (χ2n) is 2.27. The Morgan fingerprint density at radius 1 is 1.46 bits per heavy atom. The van der Waals surface area contributed by atoms with Crippen LogP contribution in [0.15, 0.2) is 16.6 Å². The standard InChI is InChI=1S/C7H7BrN2O3/c8-5-3(7(13)10-9)1-2-4(11)6(5)12/h1-2,11-12H,9H2,(H,10,13). The number of hydrogen-bond acceptors (Lipinski definition) is 4. The van der Waals surface area contributed by atoms with Gasteiger partial charge in [0.1, 0.15) is 0 Å². The first-order valence-electron chi connectivity index (χ1n) is 3.29. The molecule has 0 fully saturated rings. The first-order valence-corrected chi connectivity index (χ1v) is 4.08. The molecular weight excluding hydrogens is 240 g/mol. The minimum Gasteiger partial charge on any atom is -0.504 e. The highest BCUT2D eigenvalue weighted by molar-refractivity contribution is 9.10. The zero-order valence-electron chi connectivity index (χ0n) is 6.41. The van der Waals surface area contributed by atoms with Crippen molar-refractivity contribution in [3.8, 4) is 11.5 Å². The summed E-state index contributed by atoms with van der Waals surface area (Å²) in [6.45, 7) is 0. The minimum absolute atomic E-state index is 0.107. The normalized spacial score (nSPS) is 9.69. The third-order valence-corrected chi connectivity index (χ3v) is 2.27. The van der Waals surface area contributed by atoms with E-state index in [4.69, 9.17) is 10.9 Å². The molecule has 5 nitrogen and oxygen atoms in total. The molecule has 70 valence electrons. The maximum atomic E-state index is 11.0. The number of carbonyl (C=O) groups excluding carboxylic acids is 1. The highest BCUT2D eigenvalue weighted by atomic mass is 79.9. The fourth-order valence-corrected chi connectivity index (χ4v) is 1.32. The van der Waals surface area contributed by atoms with Crippen LogP contribution in [0.25, 0.3) is 0 Å². The fraction of sp³-hybridized carbons (Fsp3) is 0. The molecule has 0 spiro atoms. The molecule has 0 aliphatic rings. The van der Waals surface area contributed by atoms with E-state index in [2.05, 4.69) is 15.9 Å². The van der Waals surface area contributed by atoms with Crippen molar-refractivity contribution < 1.29 is 15.0 Å². The van der Waals surface area contributed by atoms with Crippen LogP contribution < -0.4 is 11.3 Å². The van der Waals surface area contributed by atoms with Gasteiger partial charge in [0.05, 0.1) is 10.0 Å². The van der Waals surface area contributed by atoms with E-state index in [9.17, 15) is 9.90 Å². The molecule has 1 amide bonds. The number of nitrogen functional groups attached to an aromatic ring is 1. The highest BCUT2D eigenvalue weighted by Crippen LogP contribution is 2.35. The summed E-state index contributed by atoms with van der Waals surface area (Å²) in [5, 5.41) is 18.2. The molecule has 1 rings (SSSR count). The van der Waals surface area contributed by atoms with Gasteiger partial charge in [-0.3, -0.25) is 10.2 Å². The number of aromatic hydroxyl groups is 2. The highest BCUT2D eigenvalue weighted by Gasteiger charge is 2.14. The first kappa shape index (κ1) is 9.82. The molecule has 0 atom stereocenters. The molecule has 0 heterocycles. The molecule has 0 aliphatic heterocycles. The second-order valence-corrected chi connectivity index (χ2v) is 3.06. The molecular formula is C7H7BrN2O3. The van der Waals surface area contributed by atoms with Crippen molar-refractivity contribution in [1.82, 2.24) is 5.43 Å². The monoisotopic (exact) mass is 246 g/mol. The van der Waals surface area contributed by atoms with Crippen molar-refractivity contribution in [2.45, 2.75) is 0 Å². The number of hydrazine groups is 1. The summed E-state index contributed by atoms with van der Waals surface area (Å²) in [4.78, 5) is 11.0. The Hall–Kier alpha value is -1.27. The quantitative estimate of drug-likeness (QED) is 0.251. The van der Waals surface area contributed by atoms with Gasteiger partial charge in [-0.1, -0.05) is 0 Å². The lowest BCUT2D eigenvalue weighted by molar-refractivity contribution is 0.0952. The third kappa shape index (κ3) is 1.73. The van der Waals surface area contributed by atoms with Gasteiger partial charge in [0.25, 0.3) is 5.91 Å². The van der Waals surface area contributed by atoms with Gasteiger partial charge < -0.3 is 10.2 Å². The maximum absolute atomic E-state index is 11.0. The number of amides is 1. The van der Waals surface area contributed by atoms with Crippen LogP contribution in [0.5, 0.6) is 11.5 Å². The molecule has 0 aromatic heterocycles. The van der Waals surface area contributed by atoms with E-state index < -0.39 is 5.91 Å². The van der Waals surface area contributed by atoms with Crippen LogP contribution in [0.3, 0.4) is 0 Å². The molecule has 0 saturated carbocycles. The van der Waals surface area contributed by atoms with E-state index in [1.54, 1.807) is 0 Å². The van der Waals surface area contributed by atoms with E-state index >= 15 is 0 Å². The smallest absolute Gasteiger partial charge is 0.266 e. The Bertz CT molecular complexity index is 354. The molecule has 1 aromatic carbocycles. The maximum Gasteiger partial charge on any atom is 0.266 e. The lowest BCUT2D eigenvalue weighted by Crippen LogP contribution is -2.30. The number of nitrogens with two attached hydrogens (primary N) is 1. The van der Waals surface area contributed by atoms with Gasteiger partial charge in [0.15, 0.2) is 11.5 Å². The fourth-order valence-electron chi connectivity index (χ4n) is 0.807. The Morgan fingerprint density at radius 2 is 2.08 bits per heavy atom. The average Bonchev–Trinajstić information content (AvgIpc) is 2.13. The predicted octanol–water partition coefficient (Wildman–Crippen LogP) is 0.464. The van der Waals surface area contributed by atoms with Crippen LogP contribution >= 0.6 is 15.9 Å². The number of phenolic OH excluding ortho intramolecular Hbond substituents is 2. The van der Waals surface area contributed by atoms with Crippen LogP contribution in [-0.2, 0) is 0 Å². The molecule has 1 aromatic rings. The van der Waals surface area contributed by atoms with Gasteiger partial charge >= 0.3 is 0 Å². The summed E-state index contributed by atoms with van der Waals surface area (Å²) in [6, 6.07) is 2.53. The lowest BCUT2D eigenvalue weighted by atomic mass is 10.2.